The van der Waals surface area contributed by atoms with E-state index in [4.69, 9.17) is 21.7 Å². The molecule has 0 aliphatic carbocycles. The van der Waals surface area contributed by atoms with Crippen LogP contribution in [0.5, 0.6) is 11.5 Å². The van der Waals surface area contributed by atoms with Crippen molar-refractivity contribution in [3.05, 3.63) is 64.3 Å². The molecule has 1 aliphatic heterocycles. The lowest BCUT2D eigenvalue weighted by Gasteiger charge is -2.12. The summed E-state index contributed by atoms with van der Waals surface area (Å²) < 4.78 is 29.1. The average molecular weight is 448 g/mol. The number of hydrogen-bond donors (Lipinski definition) is 0. The maximum Gasteiger partial charge on any atom is 0.325 e. The first-order chi connectivity index (χ1) is 14.4. The van der Waals surface area contributed by atoms with Gasteiger partial charge in [0.05, 0.1) is 19.1 Å². The third-order valence-electron chi connectivity index (χ3n) is 4.18. The molecule has 0 saturated carbocycles. The van der Waals surface area contributed by atoms with E-state index in [-0.39, 0.29) is 24.9 Å². The zero-order valence-corrected chi connectivity index (χ0v) is 17.8. The summed E-state index contributed by atoms with van der Waals surface area (Å²) in [6, 6.07) is 11.3. The van der Waals surface area contributed by atoms with Crippen molar-refractivity contribution in [1.82, 2.24) is 4.90 Å². The number of methoxy groups -OCH3 is 2. The zero-order chi connectivity index (χ0) is 21.7. The topological polar surface area (TPSA) is 65.1 Å². The van der Waals surface area contributed by atoms with Gasteiger partial charge < -0.3 is 14.2 Å². The van der Waals surface area contributed by atoms with Crippen LogP contribution >= 0.6 is 24.0 Å². The minimum atomic E-state index is -0.545. The fraction of sp³-hybridized carbons (Fsp3) is 0.190. The number of esters is 1. The lowest BCUT2D eigenvalue weighted by Crippen LogP contribution is -2.33. The zero-order valence-electron chi connectivity index (χ0n) is 16.2. The van der Waals surface area contributed by atoms with Gasteiger partial charge in [-0.1, -0.05) is 42.2 Å². The van der Waals surface area contributed by atoms with Gasteiger partial charge in [0.2, 0.25) is 0 Å². The molecule has 0 aromatic heterocycles. The molecular weight excluding hydrogens is 429 g/mol. The maximum atomic E-state index is 13.0. The highest BCUT2D eigenvalue weighted by molar-refractivity contribution is 8.26. The largest absolute Gasteiger partial charge is 0.493 e. The molecule has 0 unspecified atom stereocenters. The Balaban J connectivity index is 1.74. The van der Waals surface area contributed by atoms with Crippen molar-refractivity contribution in [3.63, 3.8) is 0 Å². The molecule has 156 valence electrons. The van der Waals surface area contributed by atoms with Gasteiger partial charge in [0.25, 0.3) is 5.91 Å². The first kappa shape index (κ1) is 21.8. The normalized spacial score (nSPS) is 14.9. The van der Waals surface area contributed by atoms with Crippen LogP contribution in [0.25, 0.3) is 6.08 Å². The molecule has 1 amide bonds. The van der Waals surface area contributed by atoms with Gasteiger partial charge >= 0.3 is 5.97 Å². The number of rotatable bonds is 7. The minimum absolute atomic E-state index is 0.224. The monoisotopic (exact) mass is 447 g/mol. The van der Waals surface area contributed by atoms with Crippen molar-refractivity contribution in [3.8, 4) is 11.5 Å². The van der Waals surface area contributed by atoms with Gasteiger partial charge in [0, 0.05) is 0 Å². The summed E-state index contributed by atoms with van der Waals surface area (Å²) in [5.41, 5.74) is 1.52. The van der Waals surface area contributed by atoms with Gasteiger partial charge in [0.15, 0.2) is 11.5 Å². The SMILES string of the molecule is COC(=O)CN1C(=O)/C(=C/c2ccc(OCc3ccc(F)cc3)c(OC)c2)SC1=S. The van der Waals surface area contributed by atoms with Crippen molar-refractivity contribution in [2.75, 3.05) is 20.8 Å². The Bertz CT molecular complexity index is 1010. The number of hydrogen-bond acceptors (Lipinski definition) is 7. The summed E-state index contributed by atoms with van der Waals surface area (Å²) in [5, 5.41) is 0. The molecule has 3 rings (SSSR count). The second-order valence-corrected chi connectivity index (χ2v) is 7.85. The van der Waals surface area contributed by atoms with Crippen LogP contribution < -0.4 is 9.47 Å². The second-order valence-electron chi connectivity index (χ2n) is 6.17. The fourth-order valence-electron chi connectivity index (χ4n) is 2.62. The van der Waals surface area contributed by atoms with Crippen LogP contribution in [0.4, 0.5) is 4.39 Å². The van der Waals surface area contributed by atoms with E-state index in [0.29, 0.717) is 26.3 Å². The summed E-state index contributed by atoms with van der Waals surface area (Å²) in [6.45, 7) is 0.0279. The average Bonchev–Trinajstić information content (AvgIpc) is 3.00. The molecule has 1 aliphatic rings. The van der Waals surface area contributed by atoms with Crippen molar-refractivity contribution in [2.24, 2.45) is 0 Å². The minimum Gasteiger partial charge on any atom is -0.493 e. The molecule has 0 radical (unpaired) electrons. The summed E-state index contributed by atoms with van der Waals surface area (Å²) in [5.74, 6) is -0.214. The molecule has 0 bridgehead atoms. The first-order valence-corrected chi connectivity index (χ1v) is 10.0. The first-order valence-electron chi connectivity index (χ1n) is 8.78. The Kier molecular flexibility index (Phi) is 7.07. The Labute approximate surface area is 182 Å². The Morgan fingerprint density at radius 1 is 1.17 bits per heavy atom. The quantitative estimate of drug-likeness (QED) is 0.364. The second kappa shape index (κ2) is 9.73. The number of amides is 1. The van der Waals surface area contributed by atoms with Crippen LogP contribution in [0.15, 0.2) is 47.4 Å². The maximum absolute atomic E-state index is 13.0. The molecule has 1 fully saturated rings. The molecule has 6 nitrogen and oxygen atoms in total. The Morgan fingerprint density at radius 3 is 2.57 bits per heavy atom. The summed E-state index contributed by atoms with van der Waals surface area (Å²) >= 11 is 6.30. The third kappa shape index (κ3) is 5.17. The van der Waals surface area contributed by atoms with Crippen LogP contribution in [0.2, 0.25) is 0 Å². The van der Waals surface area contributed by atoms with Gasteiger partial charge in [-0.15, -0.1) is 0 Å². The highest BCUT2D eigenvalue weighted by atomic mass is 32.2. The van der Waals surface area contributed by atoms with Gasteiger partial charge in [-0.3, -0.25) is 14.5 Å². The molecule has 0 spiro atoms. The van der Waals surface area contributed by atoms with Crippen molar-refractivity contribution < 1.29 is 28.2 Å². The number of ether oxygens (including phenoxy) is 3. The van der Waals surface area contributed by atoms with E-state index in [1.165, 1.54) is 31.3 Å². The van der Waals surface area contributed by atoms with E-state index < -0.39 is 5.97 Å². The van der Waals surface area contributed by atoms with Crippen LogP contribution in [-0.2, 0) is 20.9 Å². The molecule has 1 saturated heterocycles. The van der Waals surface area contributed by atoms with Crippen LogP contribution in [0.1, 0.15) is 11.1 Å². The molecule has 9 heteroatoms. The Morgan fingerprint density at radius 2 is 1.90 bits per heavy atom. The lowest BCUT2D eigenvalue weighted by atomic mass is 10.1. The molecule has 1 heterocycles. The van der Waals surface area contributed by atoms with Gasteiger partial charge in [-0.25, -0.2) is 4.39 Å². The number of carbonyl (C=O) groups excluding carboxylic acids is 2. The summed E-state index contributed by atoms with van der Waals surface area (Å²) in [7, 11) is 2.77. The highest BCUT2D eigenvalue weighted by Crippen LogP contribution is 2.35. The molecule has 2 aromatic rings. The Hall–Kier alpha value is -2.91. The van der Waals surface area contributed by atoms with E-state index in [2.05, 4.69) is 4.74 Å². The molecule has 0 atom stereocenters. The molecule has 2 aromatic carbocycles. The van der Waals surface area contributed by atoms with E-state index in [0.717, 1.165) is 17.3 Å². The smallest absolute Gasteiger partial charge is 0.325 e. The third-order valence-corrected chi connectivity index (χ3v) is 5.56. The number of benzene rings is 2. The predicted molar refractivity (Wildman–Crippen MR) is 116 cm³/mol. The van der Waals surface area contributed by atoms with Crippen LogP contribution in [0, 0.1) is 5.82 Å². The van der Waals surface area contributed by atoms with Crippen molar-refractivity contribution in [2.45, 2.75) is 6.61 Å². The van der Waals surface area contributed by atoms with Gasteiger partial charge in [-0.05, 0) is 41.5 Å². The van der Waals surface area contributed by atoms with Crippen molar-refractivity contribution in [1.29, 1.82) is 0 Å². The predicted octanol–water partition coefficient (Wildman–Crippen LogP) is 3.79. The van der Waals surface area contributed by atoms with Crippen molar-refractivity contribution >= 4 is 46.3 Å². The van der Waals surface area contributed by atoms with E-state index in [9.17, 15) is 14.0 Å². The van der Waals surface area contributed by atoms with Gasteiger partial charge in [0.1, 0.15) is 23.3 Å². The van der Waals surface area contributed by atoms with Crippen LogP contribution in [0.3, 0.4) is 0 Å². The molecule has 30 heavy (non-hydrogen) atoms. The summed E-state index contributed by atoms with van der Waals surface area (Å²) in [4.78, 5) is 25.6. The number of carbonyl (C=O) groups is 2. The van der Waals surface area contributed by atoms with E-state index in [1.54, 1.807) is 36.4 Å². The van der Waals surface area contributed by atoms with E-state index in [1.807, 2.05) is 0 Å². The highest BCUT2D eigenvalue weighted by Gasteiger charge is 2.33. The number of halogens is 1. The number of nitrogens with zero attached hydrogens (tertiary/aromatic N) is 1. The van der Waals surface area contributed by atoms with Crippen LogP contribution in [-0.4, -0.2) is 41.9 Å². The lowest BCUT2D eigenvalue weighted by molar-refractivity contribution is -0.143. The molecular formula is C21H18FNO5S2. The van der Waals surface area contributed by atoms with Gasteiger partial charge in [-0.2, -0.15) is 0 Å². The molecule has 0 N–H and O–H groups in total. The van der Waals surface area contributed by atoms with E-state index >= 15 is 0 Å². The number of thiocarbonyl (C=S) groups is 1. The standard InChI is InChI=1S/C21H18FNO5S2/c1-26-17-9-14(5-8-16(17)28-12-13-3-6-15(22)7-4-13)10-18-20(25)23(21(29)30-18)11-19(24)27-2/h3-10H,11-12H2,1-2H3/b18-10-. The number of thioether (sulfide) groups is 1. The fourth-order valence-corrected chi connectivity index (χ4v) is 3.87. The summed E-state index contributed by atoms with van der Waals surface area (Å²) in [6.07, 6.45) is 1.67.